The van der Waals surface area contributed by atoms with Gasteiger partial charge in [-0.15, -0.1) is 0 Å². The lowest BCUT2D eigenvalue weighted by Gasteiger charge is -2.08. The zero-order valence-corrected chi connectivity index (χ0v) is 13.5. The fourth-order valence-electron chi connectivity index (χ4n) is 3.29. The van der Waals surface area contributed by atoms with Gasteiger partial charge < -0.3 is 15.4 Å². The minimum atomic E-state index is -0.936. The van der Waals surface area contributed by atoms with Crippen LogP contribution in [0.25, 0.3) is 33.1 Å². The van der Waals surface area contributed by atoms with E-state index in [1.54, 1.807) is 17.0 Å². The number of fused-ring (bicyclic) bond motifs is 3. The molecule has 7 nitrogen and oxygen atoms in total. The van der Waals surface area contributed by atoms with Gasteiger partial charge in [-0.3, -0.25) is 9.78 Å². The van der Waals surface area contributed by atoms with Crippen molar-refractivity contribution in [3.63, 3.8) is 0 Å². The Labute approximate surface area is 142 Å². The van der Waals surface area contributed by atoms with Gasteiger partial charge in [0.1, 0.15) is 24.3 Å². The van der Waals surface area contributed by atoms with Gasteiger partial charge in [0.2, 0.25) is 0 Å². The standard InChI is InChI=1S/C18H15N5O2/c1-10-6-12(11-2-4-20-5-3-11)7-13-15-17(19)21-9-22-18(15)23(16(10)13)8-14(24)25/h2-7,9H,8H2,1H3,(H,24,25)(H2,19,21,22). The summed E-state index contributed by atoms with van der Waals surface area (Å²) < 4.78 is 1.68. The van der Waals surface area contributed by atoms with Crippen LogP contribution in [0.3, 0.4) is 0 Å². The molecule has 0 aliphatic carbocycles. The summed E-state index contributed by atoms with van der Waals surface area (Å²) >= 11 is 0. The summed E-state index contributed by atoms with van der Waals surface area (Å²) in [6.07, 6.45) is 4.83. The van der Waals surface area contributed by atoms with Crippen molar-refractivity contribution >= 4 is 33.7 Å². The molecule has 7 heteroatoms. The first-order chi connectivity index (χ1) is 12.1. The van der Waals surface area contributed by atoms with E-state index in [1.807, 2.05) is 31.2 Å². The number of hydrogen-bond donors (Lipinski definition) is 2. The smallest absolute Gasteiger partial charge is 0.323 e. The molecule has 0 saturated heterocycles. The number of aryl methyl sites for hydroxylation is 1. The van der Waals surface area contributed by atoms with Gasteiger partial charge in [0.15, 0.2) is 0 Å². The fraction of sp³-hybridized carbons (Fsp3) is 0.111. The quantitative estimate of drug-likeness (QED) is 0.597. The summed E-state index contributed by atoms with van der Waals surface area (Å²) in [5.41, 5.74) is 10.4. The third kappa shape index (κ3) is 2.37. The Morgan fingerprint density at radius 3 is 2.68 bits per heavy atom. The van der Waals surface area contributed by atoms with E-state index in [0.29, 0.717) is 16.9 Å². The number of rotatable bonds is 3. The van der Waals surface area contributed by atoms with E-state index < -0.39 is 5.97 Å². The lowest BCUT2D eigenvalue weighted by molar-refractivity contribution is -0.137. The number of carboxylic acids is 1. The largest absolute Gasteiger partial charge is 0.480 e. The zero-order valence-electron chi connectivity index (χ0n) is 13.5. The van der Waals surface area contributed by atoms with Crippen molar-refractivity contribution in [2.45, 2.75) is 13.5 Å². The van der Waals surface area contributed by atoms with Crippen molar-refractivity contribution in [1.82, 2.24) is 19.5 Å². The van der Waals surface area contributed by atoms with Crippen molar-refractivity contribution in [3.8, 4) is 11.1 Å². The Morgan fingerprint density at radius 1 is 1.20 bits per heavy atom. The van der Waals surface area contributed by atoms with Crippen molar-refractivity contribution in [3.05, 3.63) is 48.5 Å². The molecule has 0 radical (unpaired) electrons. The van der Waals surface area contributed by atoms with Crippen LogP contribution in [0, 0.1) is 6.92 Å². The van der Waals surface area contributed by atoms with E-state index in [2.05, 4.69) is 15.0 Å². The Kier molecular flexibility index (Phi) is 3.35. The number of aliphatic carboxylic acids is 1. The number of pyridine rings is 1. The SMILES string of the molecule is Cc1cc(-c2ccncc2)cc2c3c(N)ncnc3n(CC(=O)O)c12. The molecule has 1 aromatic carbocycles. The van der Waals surface area contributed by atoms with Gasteiger partial charge in [-0.05, 0) is 47.9 Å². The number of nitrogen functional groups attached to an aromatic ring is 1. The number of hydrogen-bond acceptors (Lipinski definition) is 5. The van der Waals surface area contributed by atoms with Crippen LogP contribution in [0.2, 0.25) is 0 Å². The van der Waals surface area contributed by atoms with Crippen LogP contribution in [0.5, 0.6) is 0 Å². The Morgan fingerprint density at radius 2 is 1.96 bits per heavy atom. The average molecular weight is 333 g/mol. The summed E-state index contributed by atoms with van der Waals surface area (Å²) in [6.45, 7) is 1.76. The maximum Gasteiger partial charge on any atom is 0.323 e. The second-order valence-corrected chi connectivity index (χ2v) is 5.86. The number of carboxylic acid groups (broad SMARTS) is 1. The van der Waals surface area contributed by atoms with Gasteiger partial charge in [-0.1, -0.05) is 0 Å². The van der Waals surface area contributed by atoms with Crippen LogP contribution >= 0.6 is 0 Å². The molecule has 0 unspecified atom stereocenters. The summed E-state index contributed by atoms with van der Waals surface area (Å²) in [5.74, 6) is -0.598. The summed E-state index contributed by atoms with van der Waals surface area (Å²) in [4.78, 5) is 23.7. The predicted molar refractivity (Wildman–Crippen MR) is 95.1 cm³/mol. The molecular formula is C18H15N5O2. The zero-order chi connectivity index (χ0) is 17.6. The van der Waals surface area contributed by atoms with Crippen LogP contribution in [-0.4, -0.2) is 30.6 Å². The van der Waals surface area contributed by atoms with E-state index in [1.165, 1.54) is 6.33 Å². The monoisotopic (exact) mass is 333 g/mol. The van der Waals surface area contributed by atoms with E-state index >= 15 is 0 Å². The van der Waals surface area contributed by atoms with Crippen LogP contribution in [0.1, 0.15) is 5.56 Å². The minimum absolute atomic E-state index is 0.189. The average Bonchev–Trinajstić information content (AvgIpc) is 2.91. The van der Waals surface area contributed by atoms with Crippen molar-refractivity contribution in [2.75, 3.05) is 5.73 Å². The van der Waals surface area contributed by atoms with Crippen LogP contribution < -0.4 is 5.73 Å². The Bertz CT molecular complexity index is 1120. The second-order valence-electron chi connectivity index (χ2n) is 5.86. The van der Waals surface area contributed by atoms with Gasteiger partial charge in [0, 0.05) is 17.8 Å². The molecule has 3 heterocycles. The third-order valence-electron chi connectivity index (χ3n) is 4.26. The maximum atomic E-state index is 11.3. The molecule has 4 aromatic rings. The predicted octanol–water partition coefficient (Wildman–Crippen LogP) is 2.62. The van der Waals surface area contributed by atoms with Crippen LogP contribution in [0.4, 0.5) is 5.82 Å². The Balaban J connectivity index is 2.13. The molecule has 3 N–H and O–H groups in total. The molecular weight excluding hydrogens is 318 g/mol. The minimum Gasteiger partial charge on any atom is -0.480 e. The maximum absolute atomic E-state index is 11.3. The molecule has 0 saturated carbocycles. The number of aromatic nitrogens is 4. The molecule has 0 aliphatic heterocycles. The number of nitrogens with zero attached hydrogens (tertiary/aromatic N) is 4. The first-order valence-electron chi connectivity index (χ1n) is 7.71. The highest BCUT2D eigenvalue weighted by molar-refractivity contribution is 6.13. The lowest BCUT2D eigenvalue weighted by atomic mass is 10.0. The number of anilines is 1. The van der Waals surface area contributed by atoms with Crippen molar-refractivity contribution in [1.29, 1.82) is 0 Å². The van der Waals surface area contributed by atoms with Gasteiger partial charge in [-0.2, -0.15) is 0 Å². The van der Waals surface area contributed by atoms with Gasteiger partial charge in [0.25, 0.3) is 0 Å². The highest BCUT2D eigenvalue weighted by atomic mass is 16.4. The summed E-state index contributed by atoms with van der Waals surface area (Å²) in [6, 6.07) is 7.88. The van der Waals surface area contributed by atoms with Gasteiger partial charge in [0.05, 0.1) is 10.9 Å². The Hall–Kier alpha value is -3.48. The van der Waals surface area contributed by atoms with E-state index in [4.69, 9.17) is 5.73 Å². The fourth-order valence-corrected chi connectivity index (χ4v) is 3.29. The van der Waals surface area contributed by atoms with Gasteiger partial charge in [-0.25, -0.2) is 9.97 Å². The molecule has 0 atom stereocenters. The molecule has 0 aliphatic rings. The van der Waals surface area contributed by atoms with E-state index in [9.17, 15) is 9.90 Å². The normalized spacial score (nSPS) is 11.2. The summed E-state index contributed by atoms with van der Waals surface area (Å²) in [7, 11) is 0. The molecule has 0 bridgehead atoms. The highest BCUT2D eigenvalue weighted by Gasteiger charge is 2.19. The summed E-state index contributed by atoms with van der Waals surface area (Å²) in [5, 5.41) is 10.8. The van der Waals surface area contributed by atoms with Crippen LogP contribution in [-0.2, 0) is 11.3 Å². The molecule has 3 aromatic heterocycles. The molecule has 25 heavy (non-hydrogen) atoms. The van der Waals surface area contributed by atoms with Crippen molar-refractivity contribution in [2.24, 2.45) is 0 Å². The third-order valence-corrected chi connectivity index (χ3v) is 4.26. The molecule has 0 fully saturated rings. The number of carbonyl (C=O) groups is 1. The molecule has 0 spiro atoms. The van der Waals surface area contributed by atoms with Crippen LogP contribution in [0.15, 0.2) is 43.0 Å². The first kappa shape index (κ1) is 15.1. The van der Waals surface area contributed by atoms with E-state index in [0.717, 1.165) is 27.6 Å². The van der Waals surface area contributed by atoms with Gasteiger partial charge >= 0.3 is 5.97 Å². The highest BCUT2D eigenvalue weighted by Crippen LogP contribution is 2.35. The first-order valence-corrected chi connectivity index (χ1v) is 7.71. The topological polar surface area (TPSA) is 107 Å². The molecule has 124 valence electrons. The van der Waals surface area contributed by atoms with E-state index in [-0.39, 0.29) is 6.54 Å². The molecule has 0 amide bonds. The van der Waals surface area contributed by atoms with Crippen molar-refractivity contribution < 1.29 is 9.90 Å². The number of nitrogens with two attached hydrogens (primary N) is 1. The lowest BCUT2D eigenvalue weighted by Crippen LogP contribution is -2.09. The second kappa shape index (κ2) is 5.55. The number of benzene rings is 1. The molecule has 4 rings (SSSR count).